The number of amides is 3. The Bertz CT molecular complexity index is 1290. The van der Waals surface area contributed by atoms with E-state index in [1.165, 1.54) is 22.3 Å². The SMILES string of the molecule is CC(C)CC1C(=O)Nc2cc(C(=O)NC(Cc3ccccc3)C(=O)O)ccc2N1C(=O)Cc1cccs1. The van der Waals surface area contributed by atoms with Gasteiger partial charge in [0.15, 0.2) is 0 Å². The first-order valence-corrected chi connectivity index (χ1v) is 13.0. The number of hydrogen-bond donors (Lipinski definition) is 3. The van der Waals surface area contributed by atoms with Gasteiger partial charge in [-0.1, -0.05) is 50.2 Å². The van der Waals surface area contributed by atoms with Crippen molar-refractivity contribution >= 4 is 46.4 Å². The van der Waals surface area contributed by atoms with Crippen LogP contribution in [0.25, 0.3) is 0 Å². The summed E-state index contributed by atoms with van der Waals surface area (Å²) in [6, 6.07) is 15.7. The molecule has 9 heteroatoms. The molecule has 37 heavy (non-hydrogen) atoms. The van der Waals surface area contributed by atoms with Crippen LogP contribution in [0.1, 0.15) is 41.1 Å². The molecular weight excluding hydrogens is 490 g/mol. The van der Waals surface area contributed by atoms with Gasteiger partial charge >= 0.3 is 5.97 Å². The number of benzene rings is 2. The van der Waals surface area contributed by atoms with Crippen LogP contribution in [0.15, 0.2) is 66.0 Å². The van der Waals surface area contributed by atoms with Gasteiger partial charge < -0.3 is 15.7 Å². The fourth-order valence-corrected chi connectivity index (χ4v) is 5.09. The Kier molecular flexibility index (Phi) is 8.03. The van der Waals surface area contributed by atoms with E-state index < -0.39 is 24.0 Å². The zero-order valence-electron chi connectivity index (χ0n) is 20.6. The van der Waals surface area contributed by atoms with Crippen molar-refractivity contribution in [2.24, 2.45) is 5.92 Å². The fourth-order valence-electron chi connectivity index (χ4n) is 4.39. The molecule has 2 heterocycles. The summed E-state index contributed by atoms with van der Waals surface area (Å²) in [5, 5.41) is 17.0. The van der Waals surface area contributed by atoms with Crippen molar-refractivity contribution in [1.82, 2.24) is 5.32 Å². The van der Waals surface area contributed by atoms with Gasteiger partial charge in [-0.15, -0.1) is 11.3 Å². The van der Waals surface area contributed by atoms with Crippen LogP contribution in [-0.2, 0) is 27.2 Å². The third-order valence-electron chi connectivity index (χ3n) is 6.15. The van der Waals surface area contributed by atoms with E-state index in [0.717, 1.165) is 10.4 Å². The van der Waals surface area contributed by atoms with E-state index >= 15 is 0 Å². The van der Waals surface area contributed by atoms with E-state index in [1.54, 1.807) is 36.4 Å². The molecule has 0 spiro atoms. The Morgan fingerprint density at radius 1 is 1.08 bits per heavy atom. The molecule has 0 saturated heterocycles. The number of nitrogens with one attached hydrogen (secondary N) is 2. The minimum atomic E-state index is -1.15. The number of thiophene rings is 1. The Morgan fingerprint density at radius 2 is 1.84 bits per heavy atom. The monoisotopic (exact) mass is 519 g/mol. The molecular formula is C28H29N3O5S. The number of aliphatic carboxylic acids is 1. The van der Waals surface area contributed by atoms with Gasteiger partial charge in [0.05, 0.1) is 17.8 Å². The van der Waals surface area contributed by atoms with Gasteiger partial charge in [0, 0.05) is 16.9 Å². The lowest BCUT2D eigenvalue weighted by Gasteiger charge is -2.37. The lowest BCUT2D eigenvalue weighted by molar-refractivity contribution is -0.139. The first-order valence-electron chi connectivity index (χ1n) is 12.1. The number of carboxylic acids is 1. The highest BCUT2D eigenvalue weighted by molar-refractivity contribution is 7.10. The maximum atomic E-state index is 13.4. The highest BCUT2D eigenvalue weighted by atomic mass is 32.1. The molecule has 8 nitrogen and oxygen atoms in total. The molecule has 0 radical (unpaired) electrons. The molecule has 2 aromatic carbocycles. The van der Waals surface area contributed by atoms with Gasteiger partial charge in [-0.05, 0) is 47.5 Å². The van der Waals surface area contributed by atoms with Gasteiger partial charge in [0.1, 0.15) is 12.1 Å². The predicted molar refractivity (Wildman–Crippen MR) is 143 cm³/mol. The highest BCUT2D eigenvalue weighted by Crippen LogP contribution is 2.35. The van der Waals surface area contributed by atoms with Crippen molar-refractivity contribution in [3.05, 3.63) is 82.0 Å². The summed E-state index contributed by atoms with van der Waals surface area (Å²) in [4.78, 5) is 53.7. The standard InChI is InChI=1S/C28H29N3O5S/c1-17(2)13-24-27(34)29-21-15-19(10-11-23(21)31(24)25(32)16-20-9-6-12-37-20)26(33)30-22(28(35)36)14-18-7-4-3-5-8-18/h3-12,15,17,22,24H,13-14,16H2,1-2H3,(H,29,34)(H,30,33)(H,35,36). The Morgan fingerprint density at radius 3 is 2.49 bits per heavy atom. The van der Waals surface area contributed by atoms with E-state index in [9.17, 15) is 24.3 Å². The van der Waals surface area contributed by atoms with Gasteiger partial charge in [0.2, 0.25) is 11.8 Å². The van der Waals surface area contributed by atoms with Crippen LogP contribution in [0.5, 0.6) is 0 Å². The molecule has 3 amide bonds. The lowest BCUT2D eigenvalue weighted by Crippen LogP contribution is -2.52. The van der Waals surface area contributed by atoms with E-state index in [-0.39, 0.29) is 36.1 Å². The summed E-state index contributed by atoms with van der Waals surface area (Å²) < 4.78 is 0. The van der Waals surface area contributed by atoms with Crippen molar-refractivity contribution in [3.8, 4) is 0 Å². The third kappa shape index (κ3) is 6.24. The van der Waals surface area contributed by atoms with Crippen LogP contribution in [0.4, 0.5) is 11.4 Å². The highest BCUT2D eigenvalue weighted by Gasteiger charge is 2.37. The van der Waals surface area contributed by atoms with Crippen molar-refractivity contribution in [1.29, 1.82) is 0 Å². The number of carboxylic acid groups (broad SMARTS) is 1. The van der Waals surface area contributed by atoms with Crippen molar-refractivity contribution in [2.75, 3.05) is 10.2 Å². The third-order valence-corrected chi connectivity index (χ3v) is 7.02. The van der Waals surface area contributed by atoms with Crippen molar-refractivity contribution in [2.45, 2.75) is 45.2 Å². The zero-order valence-corrected chi connectivity index (χ0v) is 21.5. The second-order valence-electron chi connectivity index (χ2n) is 9.44. The van der Waals surface area contributed by atoms with E-state index in [4.69, 9.17) is 0 Å². The van der Waals surface area contributed by atoms with Crippen LogP contribution in [-0.4, -0.2) is 40.9 Å². The summed E-state index contributed by atoms with van der Waals surface area (Å²) >= 11 is 1.48. The summed E-state index contributed by atoms with van der Waals surface area (Å²) in [6.07, 6.45) is 0.788. The number of fused-ring (bicyclic) bond motifs is 1. The average molecular weight is 520 g/mol. The summed E-state index contributed by atoms with van der Waals surface area (Å²) in [6.45, 7) is 3.99. The Hall–Kier alpha value is -3.98. The van der Waals surface area contributed by atoms with E-state index in [0.29, 0.717) is 17.8 Å². The van der Waals surface area contributed by atoms with Crippen molar-refractivity contribution in [3.63, 3.8) is 0 Å². The molecule has 0 saturated carbocycles. The Labute approximate surface area is 219 Å². The predicted octanol–water partition coefficient (Wildman–Crippen LogP) is 4.12. The number of rotatable bonds is 9. The van der Waals surface area contributed by atoms with Crippen molar-refractivity contribution < 1.29 is 24.3 Å². The number of anilines is 2. The molecule has 2 unspecified atom stereocenters. The van der Waals surface area contributed by atoms with Gasteiger partial charge in [0.25, 0.3) is 5.91 Å². The zero-order chi connectivity index (χ0) is 26.5. The second-order valence-corrected chi connectivity index (χ2v) is 10.5. The topological polar surface area (TPSA) is 116 Å². The molecule has 3 aromatic rings. The summed E-state index contributed by atoms with van der Waals surface area (Å²) in [5.74, 6) is -2.07. The van der Waals surface area contributed by atoms with Crippen LogP contribution in [0.2, 0.25) is 0 Å². The minimum absolute atomic E-state index is 0.130. The normalized spacial score (nSPS) is 15.6. The maximum Gasteiger partial charge on any atom is 0.326 e. The first-order chi connectivity index (χ1) is 17.7. The van der Waals surface area contributed by atoms with Crippen LogP contribution in [0, 0.1) is 5.92 Å². The minimum Gasteiger partial charge on any atom is -0.480 e. The van der Waals surface area contributed by atoms with Gasteiger partial charge in [-0.25, -0.2) is 4.79 Å². The molecule has 0 fully saturated rings. The maximum absolute atomic E-state index is 13.4. The van der Waals surface area contributed by atoms with E-state index in [2.05, 4.69) is 10.6 Å². The van der Waals surface area contributed by atoms with Gasteiger partial charge in [-0.3, -0.25) is 19.3 Å². The number of nitrogens with zero attached hydrogens (tertiary/aromatic N) is 1. The quantitative estimate of drug-likeness (QED) is 0.393. The average Bonchev–Trinajstić information content (AvgIpc) is 3.37. The molecule has 1 aliphatic rings. The fraction of sp³-hybridized carbons (Fsp3) is 0.286. The summed E-state index contributed by atoms with van der Waals surface area (Å²) in [7, 11) is 0. The van der Waals surface area contributed by atoms with Crippen LogP contribution >= 0.6 is 11.3 Å². The number of carbonyl (C=O) groups excluding carboxylic acids is 3. The second kappa shape index (κ2) is 11.4. The van der Waals surface area contributed by atoms with E-state index in [1.807, 2.05) is 37.4 Å². The molecule has 4 rings (SSSR count). The Balaban J connectivity index is 1.59. The molecule has 3 N–H and O–H groups in total. The van der Waals surface area contributed by atoms with Crippen LogP contribution in [0.3, 0.4) is 0 Å². The molecule has 2 atom stereocenters. The molecule has 192 valence electrons. The van der Waals surface area contributed by atoms with Gasteiger partial charge in [-0.2, -0.15) is 0 Å². The first kappa shape index (κ1) is 26.1. The summed E-state index contributed by atoms with van der Waals surface area (Å²) in [5.41, 5.74) is 1.82. The molecule has 1 aliphatic heterocycles. The molecule has 0 aliphatic carbocycles. The largest absolute Gasteiger partial charge is 0.480 e. The smallest absolute Gasteiger partial charge is 0.326 e. The van der Waals surface area contributed by atoms with Crippen LogP contribution < -0.4 is 15.5 Å². The lowest BCUT2D eigenvalue weighted by atomic mass is 9.97. The number of carbonyl (C=O) groups is 4. The number of hydrogen-bond acceptors (Lipinski definition) is 5. The molecule has 1 aromatic heterocycles. The molecule has 0 bridgehead atoms.